The first-order chi connectivity index (χ1) is 8.24. The van der Waals surface area contributed by atoms with Gasteiger partial charge in [0.1, 0.15) is 0 Å². The van der Waals surface area contributed by atoms with Crippen LogP contribution in [0.5, 0.6) is 0 Å². The highest BCUT2D eigenvalue weighted by Gasteiger charge is 2.09. The Balaban J connectivity index is 2.11. The first-order valence-electron chi connectivity index (χ1n) is 6.52. The zero-order valence-electron chi connectivity index (χ0n) is 11.0. The third-order valence-corrected chi connectivity index (χ3v) is 4.39. The quantitative estimate of drug-likeness (QED) is 0.476. The van der Waals surface area contributed by atoms with Gasteiger partial charge in [0.2, 0.25) is 0 Å². The number of rotatable bonds is 9. The van der Waals surface area contributed by atoms with Crippen molar-refractivity contribution in [2.24, 2.45) is 0 Å². The highest BCUT2D eigenvalue weighted by atomic mass is 35.5. The second-order valence-corrected chi connectivity index (χ2v) is 6.13. The summed E-state index contributed by atoms with van der Waals surface area (Å²) >= 11 is 7.53. The van der Waals surface area contributed by atoms with Crippen LogP contribution < -0.4 is 0 Å². The van der Waals surface area contributed by atoms with Gasteiger partial charge in [0, 0.05) is 16.8 Å². The van der Waals surface area contributed by atoms with Crippen molar-refractivity contribution in [2.75, 3.05) is 19.5 Å². The predicted octanol–water partition coefficient (Wildman–Crippen LogP) is 4.41. The Bertz CT molecular complexity index is 274. The molecule has 0 saturated heterocycles. The summed E-state index contributed by atoms with van der Waals surface area (Å²) < 4.78 is 0. The first kappa shape index (κ1) is 15.0. The molecule has 1 nitrogen and oxygen atoms in total. The minimum Gasteiger partial charge on any atom is -0.303 e. The Morgan fingerprint density at radius 1 is 1.29 bits per heavy atom. The highest BCUT2D eigenvalue weighted by molar-refractivity contribution is 7.09. The van der Waals surface area contributed by atoms with E-state index < -0.39 is 0 Å². The average molecular weight is 274 g/mol. The smallest absolute Gasteiger partial charge is 0.0223 e. The van der Waals surface area contributed by atoms with Crippen molar-refractivity contribution in [3.05, 3.63) is 22.4 Å². The fraction of sp³-hybridized carbons (Fsp3) is 0.714. The molecule has 0 aliphatic heterocycles. The Hall–Kier alpha value is -0.0500. The largest absolute Gasteiger partial charge is 0.303 e. The van der Waals surface area contributed by atoms with Crippen LogP contribution in [0, 0.1) is 0 Å². The summed E-state index contributed by atoms with van der Waals surface area (Å²) in [5, 5.41) is 2.16. The summed E-state index contributed by atoms with van der Waals surface area (Å²) in [6.45, 7) is 3.52. The van der Waals surface area contributed by atoms with Gasteiger partial charge in [-0.2, -0.15) is 0 Å². The molecule has 0 bridgehead atoms. The number of hydrogen-bond donors (Lipinski definition) is 0. The van der Waals surface area contributed by atoms with E-state index in [1.54, 1.807) is 0 Å². The molecule has 0 aromatic carbocycles. The van der Waals surface area contributed by atoms with Gasteiger partial charge in [-0.25, -0.2) is 0 Å². The van der Waals surface area contributed by atoms with Crippen LogP contribution in [0.4, 0.5) is 0 Å². The lowest BCUT2D eigenvalue weighted by Crippen LogP contribution is -2.31. The summed E-state index contributed by atoms with van der Waals surface area (Å²) in [7, 11) is 2.24. The van der Waals surface area contributed by atoms with Gasteiger partial charge < -0.3 is 4.90 Å². The van der Waals surface area contributed by atoms with Crippen LogP contribution in [0.25, 0.3) is 0 Å². The second kappa shape index (κ2) is 8.96. The fourth-order valence-corrected chi connectivity index (χ4v) is 2.92. The van der Waals surface area contributed by atoms with Crippen LogP contribution in [0.15, 0.2) is 17.5 Å². The molecule has 3 heteroatoms. The molecule has 1 atom stereocenters. The van der Waals surface area contributed by atoms with E-state index in [-0.39, 0.29) is 0 Å². The van der Waals surface area contributed by atoms with E-state index in [0.29, 0.717) is 6.04 Å². The Labute approximate surface area is 115 Å². The minimum absolute atomic E-state index is 0.640. The number of likely N-dealkylation sites (N-methyl/N-ethyl adjacent to an activating group) is 1. The van der Waals surface area contributed by atoms with Crippen LogP contribution >= 0.6 is 22.9 Å². The number of unbranched alkanes of at least 4 members (excludes halogenated alkanes) is 3. The number of nitrogens with zero attached hydrogens (tertiary/aromatic N) is 1. The first-order valence-corrected chi connectivity index (χ1v) is 7.94. The molecule has 0 aliphatic rings. The van der Waals surface area contributed by atoms with Crippen LogP contribution in [0.1, 0.15) is 37.5 Å². The van der Waals surface area contributed by atoms with Gasteiger partial charge in [0.05, 0.1) is 0 Å². The molecule has 0 radical (unpaired) electrons. The van der Waals surface area contributed by atoms with Gasteiger partial charge in [-0.3, -0.25) is 0 Å². The monoisotopic (exact) mass is 273 g/mol. The van der Waals surface area contributed by atoms with Crippen LogP contribution in [-0.2, 0) is 6.42 Å². The molecule has 0 saturated carbocycles. The Kier molecular flexibility index (Phi) is 7.91. The molecular weight excluding hydrogens is 250 g/mol. The van der Waals surface area contributed by atoms with E-state index in [2.05, 4.69) is 36.4 Å². The molecular formula is C14H24ClNS. The summed E-state index contributed by atoms with van der Waals surface area (Å²) in [5.41, 5.74) is 0. The predicted molar refractivity (Wildman–Crippen MR) is 79.3 cm³/mol. The maximum absolute atomic E-state index is 5.66. The average Bonchev–Trinajstić information content (AvgIpc) is 2.81. The topological polar surface area (TPSA) is 3.24 Å². The summed E-state index contributed by atoms with van der Waals surface area (Å²) in [5.74, 6) is 0.810. The Morgan fingerprint density at radius 3 is 2.71 bits per heavy atom. The normalized spacial score (nSPS) is 13.2. The SMILES string of the molecule is CC(Cc1cccs1)N(C)CCCCCCCl. The molecule has 0 aliphatic carbocycles. The number of hydrogen-bond acceptors (Lipinski definition) is 2. The molecule has 1 heterocycles. The van der Waals surface area contributed by atoms with Crippen molar-refractivity contribution in [1.82, 2.24) is 4.90 Å². The van der Waals surface area contributed by atoms with Crippen LogP contribution in [-0.4, -0.2) is 30.4 Å². The number of halogens is 1. The van der Waals surface area contributed by atoms with E-state index in [1.165, 1.54) is 37.1 Å². The molecule has 0 spiro atoms. The summed E-state index contributed by atoms with van der Waals surface area (Å²) in [6.07, 6.45) is 6.22. The lowest BCUT2D eigenvalue weighted by Gasteiger charge is -2.24. The van der Waals surface area contributed by atoms with Gasteiger partial charge in [-0.15, -0.1) is 22.9 Å². The van der Waals surface area contributed by atoms with Crippen molar-refractivity contribution >= 4 is 22.9 Å². The molecule has 17 heavy (non-hydrogen) atoms. The van der Waals surface area contributed by atoms with E-state index in [0.717, 1.165) is 12.3 Å². The van der Waals surface area contributed by atoms with E-state index >= 15 is 0 Å². The zero-order chi connectivity index (χ0) is 12.5. The van der Waals surface area contributed by atoms with Gasteiger partial charge in [0.15, 0.2) is 0 Å². The van der Waals surface area contributed by atoms with Gasteiger partial charge in [-0.1, -0.05) is 18.9 Å². The van der Waals surface area contributed by atoms with Crippen molar-refractivity contribution in [3.8, 4) is 0 Å². The minimum atomic E-state index is 0.640. The van der Waals surface area contributed by atoms with Crippen molar-refractivity contribution in [3.63, 3.8) is 0 Å². The van der Waals surface area contributed by atoms with Gasteiger partial charge >= 0.3 is 0 Å². The lowest BCUT2D eigenvalue weighted by atomic mass is 10.1. The Morgan fingerprint density at radius 2 is 2.06 bits per heavy atom. The number of thiophene rings is 1. The third-order valence-electron chi connectivity index (χ3n) is 3.22. The third kappa shape index (κ3) is 6.44. The summed E-state index contributed by atoms with van der Waals surface area (Å²) in [4.78, 5) is 3.96. The molecule has 0 amide bonds. The van der Waals surface area contributed by atoms with Crippen molar-refractivity contribution in [2.45, 2.75) is 45.1 Å². The van der Waals surface area contributed by atoms with Crippen molar-refractivity contribution < 1.29 is 0 Å². The van der Waals surface area contributed by atoms with Gasteiger partial charge in [-0.05, 0) is 51.2 Å². The fourth-order valence-electron chi connectivity index (χ4n) is 1.91. The van der Waals surface area contributed by atoms with Gasteiger partial charge in [0.25, 0.3) is 0 Å². The second-order valence-electron chi connectivity index (χ2n) is 4.72. The van der Waals surface area contributed by atoms with E-state index in [9.17, 15) is 0 Å². The molecule has 1 rings (SSSR count). The maximum atomic E-state index is 5.66. The lowest BCUT2D eigenvalue weighted by molar-refractivity contribution is 0.251. The number of alkyl halides is 1. The molecule has 1 unspecified atom stereocenters. The zero-order valence-corrected chi connectivity index (χ0v) is 12.6. The van der Waals surface area contributed by atoms with Crippen LogP contribution in [0.2, 0.25) is 0 Å². The van der Waals surface area contributed by atoms with Crippen LogP contribution in [0.3, 0.4) is 0 Å². The van der Waals surface area contributed by atoms with Crippen molar-refractivity contribution in [1.29, 1.82) is 0 Å². The molecule has 1 aromatic rings. The standard InChI is InChI=1S/C14H24ClNS/c1-13(12-14-8-7-11-17-14)16(2)10-6-4-3-5-9-15/h7-8,11,13H,3-6,9-10,12H2,1-2H3. The molecule has 0 fully saturated rings. The molecule has 0 N–H and O–H groups in total. The van der Waals surface area contributed by atoms with E-state index in [4.69, 9.17) is 11.6 Å². The van der Waals surface area contributed by atoms with E-state index in [1.807, 2.05) is 11.3 Å². The highest BCUT2D eigenvalue weighted by Crippen LogP contribution is 2.14. The molecule has 1 aromatic heterocycles. The summed E-state index contributed by atoms with van der Waals surface area (Å²) in [6, 6.07) is 5.01. The maximum Gasteiger partial charge on any atom is 0.0223 e. The molecule has 98 valence electrons.